The zero-order valence-corrected chi connectivity index (χ0v) is 24.4. The Morgan fingerprint density at radius 2 is 1.02 bits per heavy atom. The third-order valence-corrected chi connectivity index (χ3v) is 8.72. The average molecular weight is 612 g/mol. The normalized spacial score (nSPS) is 16.3. The molecule has 1 heterocycles. The van der Waals surface area contributed by atoms with Gasteiger partial charge >= 0.3 is 0 Å². The molecule has 47 heavy (non-hydrogen) atoms. The molecule has 0 N–H and O–H groups in total. The standard InChI is InChI=1S/C46H28O/c1-2-12-31-26-35(21-20-29(31)10-1)45-39-18-7-5-16-37(39)44(38-17-6-8-19-40(38)45)34-14-9-13-32(27-34)33-23-24-42-41(28-33)46-36-15-4-3-11-30(36)22-25-43(46)47-42/h1-28H/i1D,2D,5D,6D,7D,8D,10D,12D,16D,17D,18D,19D,20D,21D,26D. The first kappa shape index (κ1) is 15.4. The predicted octanol–water partition coefficient (Wildman–Crippen LogP) is 13.2. The minimum absolute atomic E-state index is 0.0345. The van der Waals surface area contributed by atoms with Crippen LogP contribution in [0.15, 0.2) is 174 Å². The summed E-state index contributed by atoms with van der Waals surface area (Å²) < 4.78 is 141. The van der Waals surface area contributed by atoms with Crippen molar-refractivity contribution in [1.82, 2.24) is 0 Å². The van der Waals surface area contributed by atoms with Crippen molar-refractivity contribution in [3.8, 4) is 33.4 Å². The molecule has 0 atom stereocenters. The molecule has 0 aliphatic carbocycles. The molecule has 1 aromatic heterocycles. The van der Waals surface area contributed by atoms with Crippen LogP contribution >= 0.6 is 0 Å². The van der Waals surface area contributed by atoms with Crippen LogP contribution in [0.25, 0.3) is 98.4 Å². The Morgan fingerprint density at radius 1 is 0.383 bits per heavy atom. The molecule has 218 valence electrons. The van der Waals surface area contributed by atoms with Crippen LogP contribution in [0, 0.1) is 0 Å². The third-order valence-electron chi connectivity index (χ3n) is 8.72. The summed E-state index contributed by atoms with van der Waals surface area (Å²) in [6, 6.07) is 14.6. The highest BCUT2D eigenvalue weighted by Gasteiger charge is 2.18. The highest BCUT2D eigenvalue weighted by molar-refractivity contribution is 6.22. The van der Waals surface area contributed by atoms with Gasteiger partial charge in [-0.1, -0.05) is 139 Å². The predicted molar refractivity (Wildman–Crippen MR) is 200 cm³/mol. The van der Waals surface area contributed by atoms with E-state index < -0.39 is 107 Å². The van der Waals surface area contributed by atoms with Gasteiger partial charge in [-0.2, -0.15) is 0 Å². The molecule has 0 amide bonds. The van der Waals surface area contributed by atoms with E-state index in [9.17, 15) is 8.22 Å². The van der Waals surface area contributed by atoms with Gasteiger partial charge in [-0.05, 0) is 107 Å². The van der Waals surface area contributed by atoms with Gasteiger partial charge in [0, 0.05) is 10.8 Å². The molecular formula is C46H28O. The maximum Gasteiger partial charge on any atom is 0.136 e. The van der Waals surface area contributed by atoms with E-state index in [0.29, 0.717) is 22.3 Å². The molecule has 0 radical (unpaired) electrons. The van der Waals surface area contributed by atoms with E-state index in [1.165, 1.54) is 0 Å². The molecular weight excluding hydrogens is 569 g/mol. The summed E-state index contributed by atoms with van der Waals surface area (Å²) in [7, 11) is 0. The minimum Gasteiger partial charge on any atom is -0.456 e. The lowest BCUT2D eigenvalue weighted by molar-refractivity contribution is 0.669. The number of benzene rings is 9. The van der Waals surface area contributed by atoms with Crippen molar-refractivity contribution in [2.24, 2.45) is 0 Å². The SMILES string of the molecule is [2H]c1c([2H])c([2H])c2c([2H])c(-c3c4c([2H])c([2H])c([2H])c([2H])c4c(-c4cccc(-c5ccc6oc7ccc8ccccc8c7c6c5)c4)c4c([2H])c([2H])c([2H])c([2H])c34)c([2H])c([2H])c2c1[2H]. The maximum absolute atomic E-state index is 9.45. The first-order valence-corrected chi connectivity index (χ1v) is 15.0. The van der Waals surface area contributed by atoms with Crippen LogP contribution in [0.4, 0.5) is 0 Å². The Hall–Kier alpha value is -6.18. The largest absolute Gasteiger partial charge is 0.456 e. The first-order chi connectivity index (χ1) is 29.5. The zero-order valence-electron chi connectivity index (χ0n) is 39.4. The molecule has 0 bridgehead atoms. The van der Waals surface area contributed by atoms with Crippen molar-refractivity contribution in [3.63, 3.8) is 0 Å². The van der Waals surface area contributed by atoms with E-state index in [1.807, 2.05) is 60.7 Å². The first-order valence-electron chi connectivity index (χ1n) is 22.5. The number of hydrogen-bond acceptors (Lipinski definition) is 1. The summed E-state index contributed by atoms with van der Waals surface area (Å²) in [6.07, 6.45) is 0. The number of fused-ring (bicyclic) bond motifs is 8. The molecule has 10 rings (SSSR count). The van der Waals surface area contributed by atoms with Crippen molar-refractivity contribution in [3.05, 3.63) is 169 Å². The Kier molecular flexibility index (Phi) is 3.33. The second kappa shape index (κ2) is 10.2. The van der Waals surface area contributed by atoms with Gasteiger partial charge in [-0.15, -0.1) is 0 Å². The second-order valence-corrected chi connectivity index (χ2v) is 11.3. The smallest absolute Gasteiger partial charge is 0.136 e. The molecule has 1 heteroatoms. The highest BCUT2D eigenvalue weighted by Crippen LogP contribution is 2.45. The minimum atomic E-state index is -0.736. The Bertz CT molecular complexity index is 3620. The van der Waals surface area contributed by atoms with Crippen LogP contribution in [0.3, 0.4) is 0 Å². The lowest BCUT2D eigenvalue weighted by atomic mass is 9.85. The van der Waals surface area contributed by atoms with Gasteiger partial charge in [-0.25, -0.2) is 0 Å². The molecule has 0 fully saturated rings. The highest BCUT2D eigenvalue weighted by atomic mass is 16.3. The summed E-state index contributed by atoms with van der Waals surface area (Å²) in [5.74, 6) is 0. The van der Waals surface area contributed by atoms with E-state index in [1.54, 1.807) is 18.2 Å². The van der Waals surface area contributed by atoms with Crippen LogP contribution in [0.5, 0.6) is 0 Å². The quantitative estimate of drug-likeness (QED) is 0.181. The summed E-state index contributed by atoms with van der Waals surface area (Å²) in [5.41, 5.74) is 2.29. The lowest BCUT2D eigenvalue weighted by Gasteiger charge is -2.18. The van der Waals surface area contributed by atoms with Crippen molar-refractivity contribution < 1.29 is 25.0 Å². The zero-order chi connectivity index (χ0) is 44.0. The molecule has 10 aromatic rings. The number of hydrogen-bond donors (Lipinski definition) is 0. The fraction of sp³-hybridized carbons (Fsp3) is 0. The van der Waals surface area contributed by atoms with Crippen molar-refractivity contribution in [2.45, 2.75) is 0 Å². The van der Waals surface area contributed by atoms with Gasteiger partial charge in [0.1, 0.15) is 11.2 Å². The van der Waals surface area contributed by atoms with Gasteiger partial charge < -0.3 is 4.42 Å². The fourth-order valence-corrected chi connectivity index (χ4v) is 6.65. The Balaban J connectivity index is 1.37. The van der Waals surface area contributed by atoms with E-state index in [0.717, 1.165) is 27.1 Å². The van der Waals surface area contributed by atoms with Crippen LogP contribution < -0.4 is 0 Å². The average Bonchev–Trinajstić information content (AvgIpc) is 3.66. The summed E-state index contributed by atoms with van der Waals surface area (Å²) >= 11 is 0. The summed E-state index contributed by atoms with van der Waals surface area (Å²) in [5, 5.41) is 2.04. The Labute approximate surface area is 293 Å². The third kappa shape index (κ3) is 4.03. The van der Waals surface area contributed by atoms with Crippen LogP contribution in [-0.4, -0.2) is 0 Å². The van der Waals surface area contributed by atoms with Gasteiger partial charge in [0.2, 0.25) is 0 Å². The fourth-order valence-electron chi connectivity index (χ4n) is 6.65. The molecule has 0 spiro atoms. The summed E-state index contributed by atoms with van der Waals surface area (Å²) in [6.45, 7) is 0. The van der Waals surface area contributed by atoms with Gasteiger partial charge in [-0.3, -0.25) is 0 Å². The number of furan rings is 1. The van der Waals surface area contributed by atoms with E-state index in [-0.39, 0.29) is 32.7 Å². The molecule has 9 aromatic carbocycles. The molecule has 0 unspecified atom stereocenters. The molecule has 0 saturated carbocycles. The number of rotatable bonds is 3. The molecule has 0 saturated heterocycles. The van der Waals surface area contributed by atoms with Crippen LogP contribution in [0.2, 0.25) is 0 Å². The van der Waals surface area contributed by atoms with Crippen LogP contribution in [0.1, 0.15) is 20.6 Å². The molecule has 0 aliphatic heterocycles. The van der Waals surface area contributed by atoms with Crippen molar-refractivity contribution >= 4 is 65.0 Å². The lowest BCUT2D eigenvalue weighted by Crippen LogP contribution is -1.91. The van der Waals surface area contributed by atoms with E-state index in [4.69, 9.17) is 16.8 Å². The Morgan fingerprint density at radius 3 is 1.81 bits per heavy atom. The van der Waals surface area contributed by atoms with E-state index >= 15 is 0 Å². The second-order valence-electron chi connectivity index (χ2n) is 11.3. The van der Waals surface area contributed by atoms with E-state index in [2.05, 4.69) is 0 Å². The van der Waals surface area contributed by atoms with Gasteiger partial charge in [0.05, 0.1) is 20.6 Å². The topological polar surface area (TPSA) is 13.1 Å². The van der Waals surface area contributed by atoms with Crippen molar-refractivity contribution in [2.75, 3.05) is 0 Å². The molecule has 1 nitrogen and oxygen atoms in total. The maximum atomic E-state index is 9.45. The monoisotopic (exact) mass is 611 g/mol. The molecule has 0 aliphatic rings. The van der Waals surface area contributed by atoms with Crippen LogP contribution in [-0.2, 0) is 0 Å². The van der Waals surface area contributed by atoms with Gasteiger partial charge in [0.25, 0.3) is 0 Å². The van der Waals surface area contributed by atoms with Crippen molar-refractivity contribution in [1.29, 1.82) is 0 Å². The van der Waals surface area contributed by atoms with Gasteiger partial charge in [0.15, 0.2) is 0 Å². The summed E-state index contributed by atoms with van der Waals surface area (Å²) in [4.78, 5) is 0.